The summed E-state index contributed by atoms with van der Waals surface area (Å²) in [7, 11) is 0. The van der Waals surface area contributed by atoms with Crippen LogP contribution in [0.15, 0.2) is 176 Å². The Morgan fingerprint density at radius 1 is 0.404 bits per heavy atom. The van der Waals surface area contributed by atoms with Crippen LogP contribution in [-0.2, 0) is 5.41 Å². The van der Waals surface area contributed by atoms with E-state index < -0.39 is 0 Å². The number of nitrogens with zero attached hydrogens (tertiary/aromatic N) is 3. The zero-order valence-corrected chi connectivity index (χ0v) is 29.1. The summed E-state index contributed by atoms with van der Waals surface area (Å²) in [5, 5.41) is 2.34. The highest BCUT2D eigenvalue weighted by Gasteiger charge is 2.35. The van der Waals surface area contributed by atoms with E-state index in [9.17, 15) is 0 Å². The molecular formula is C49H35N3. The van der Waals surface area contributed by atoms with Crippen LogP contribution in [0.4, 0.5) is 0 Å². The van der Waals surface area contributed by atoms with Crippen molar-refractivity contribution in [2.75, 3.05) is 0 Å². The molecule has 7 aromatic carbocycles. The highest BCUT2D eigenvalue weighted by atomic mass is 15.2. The first-order valence-electron chi connectivity index (χ1n) is 17.9. The van der Waals surface area contributed by atoms with Crippen LogP contribution in [0, 0.1) is 0 Å². The summed E-state index contributed by atoms with van der Waals surface area (Å²) in [4.78, 5) is 10.6. The summed E-state index contributed by atoms with van der Waals surface area (Å²) in [6.07, 6.45) is 0. The van der Waals surface area contributed by atoms with Gasteiger partial charge in [-0.3, -0.25) is 4.57 Å². The second-order valence-electron chi connectivity index (χ2n) is 14.2. The molecule has 1 aliphatic carbocycles. The molecule has 2 aromatic heterocycles. The first-order chi connectivity index (χ1) is 25.5. The minimum atomic E-state index is -0.0566. The maximum Gasteiger partial charge on any atom is 0.235 e. The SMILES string of the molecule is CC1(C)c2ccccc2-c2ccc(-c3cccc(-c4cccc5c6ccccc6n(-c6nc(-c7ccccc7)cc(-c7ccccc7)n6)c45)c3)cc21. The second-order valence-corrected chi connectivity index (χ2v) is 14.2. The topological polar surface area (TPSA) is 30.7 Å². The van der Waals surface area contributed by atoms with Gasteiger partial charge in [-0.15, -0.1) is 0 Å². The molecular weight excluding hydrogens is 631 g/mol. The number of para-hydroxylation sites is 2. The van der Waals surface area contributed by atoms with Gasteiger partial charge in [0.25, 0.3) is 0 Å². The average molecular weight is 666 g/mol. The van der Waals surface area contributed by atoms with Gasteiger partial charge >= 0.3 is 0 Å². The summed E-state index contributed by atoms with van der Waals surface area (Å²) in [5.74, 6) is 0.649. The zero-order valence-electron chi connectivity index (χ0n) is 29.1. The van der Waals surface area contributed by atoms with Gasteiger partial charge in [0, 0.05) is 32.9 Å². The van der Waals surface area contributed by atoms with E-state index in [1.165, 1.54) is 44.2 Å². The Balaban J connectivity index is 1.18. The second kappa shape index (κ2) is 11.8. The van der Waals surface area contributed by atoms with Gasteiger partial charge in [0.2, 0.25) is 5.95 Å². The standard InChI is InChI=1S/C49H35N3/c1-49(2)42-25-11-9-21-38(42)39-28-27-35(30-43(39)49)34-19-13-20-36(29-34)37-23-14-24-41-40-22-10-12-26-46(40)52(47(37)41)48-50-44(32-15-5-3-6-16-32)31-45(51-48)33-17-7-4-8-18-33/h3-31H,1-2H3. The minimum Gasteiger partial charge on any atom is -0.277 e. The normalized spacial score (nSPS) is 13.0. The molecule has 0 bridgehead atoms. The molecule has 1 aliphatic rings. The smallest absolute Gasteiger partial charge is 0.235 e. The van der Waals surface area contributed by atoms with E-state index in [0.29, 0.717) is 5.95 Å². The van der Waals surface area contributed by atoms with Crippen molar-refractivity contribution >= 4 is 21.8 Å². The third-order valence-corrected chi connectivity index (χ3v) is 10.8. The molecule has 0 radical (unpaired) electrons. The molecule has 0 spiro atoms. The summed E-state index contributed by atoms with van der Waals surface area (Å²) in [5.41, 5.74) is 16.1. The number of hydrogen-bond acceptors (Lipinski definition) is 2. The van der Waals surface area contributed by atoms with Crippen LogP contribution in [0.1, 0.15) is 25.0 Å². The van der Waals surface area contributed by atoms with Crippen LogP contribution in [0.2, 0.25) is 0 Å². The molecule has 52 heavy (non-hydrogen) atoms. The molecule has 0 aliphatic heterocycles. The number of aromatic nitrogens is 3. The van der Waals surface area contributed by atoms with Gasteiger partial charge < -0.3 is 0 Å². The molecule has 246 valence electrons. The Bertz CT molecular complexity index is 2750. The molecule has 0 saturated carbocycles. The molecule has 3 nitrogen and oxygen atoms in total. The van der Waals surface area contributed by atoms with Gasteiger partial charge in [-0.1, -0.05) is 166 Å². The fourth-order valence-corrected chi connectivity index (χ4v) is 8.26. The zero-order chi connectivity index (χ0) is 34.8. The van der Waals surface area contributed by atoms with E-state index in [1.807, 2.05) is 12.1 Å². The monoisotopic (exact) mass is 665 g/mol. The number of rotatable bonds is 5. The van der Waals surface area contributed by atoms with Crippen LogP contribution in [0.5, 0.6) is 0 Å². The van der Waals surface area contributed by atoms with E-state index in [2.05, 4.69) is 182 Å². The highest BCUT2D eigenvalue weighted by Crippen LogP contribution is 2.49. The molecule has 2 heterocycles. The third kappa shape index (κ3) is 4.74. The first-order valence-corrected chi connectivity index (χ1v) is 17.9. The number of benzene rings is 7. The van der Waals surface area contributed by atoms with Gasteiger partial charge in [0.15, 0.2) is 0 Å². The Hall–Kier alpha value is -6.58. The Morgan fingerprint density at radius 3 is 1.73 bits per heavy atom. The van der Waals surface area contributed by atoms with Crippen molar-refractivity contribution < 1.29 is 0 Å². The summed E-state index contributed by atoms with van der Waals surface area (Å²) < 4.78 is 2.26. The summed E-state index contributed by atoms with van der Waals surface area (Å²) in [6.45, 7) is 4.69. The summed E-state index contributed by atoms with van der Waals surface area (Å²) in [6, 6.07) is 62.9. The molecule has 0 unspecified atom stereocenters. The van der Waals surface area contributed by atoms with Crippen molar-refractivity contribution in [2.45, 2.75) is 19.3 Å². The van der Waals surface area contributed by atoms with E-state index in [0.717, 1.165) is 44.7 Å². The van der Waals surface area contributed by atoms with Crippen molar-refractivity contribution in [3.8, 4) is 61.8 Å². The van der Waals surface area contributed by atoms with E-state index in [1.54, 1.807) is 0 Å². The minimum absolute atomic E-state index is 0.0566. The van der Waals surface area contributed by atoms with Gasteiger partial charge in [-0.05, 0) is 63.2 Å². The van der Waals surface area contributed by atoms with E-state index >= 15 is 0 Å². The van der Waals surface area contributed by atoms with Crippen LogP contribution >= 0.6 is 0 Å². The molecule has 0 saturated heterocycles. The lowest BCUT2D eigenvalue weighted by Gasteiger charge is -2.22. The number of fused-ring (bicyclic) bond motifs is 6. The fourth-order valence-electron chi connectivity index (χ4n) is 8.26. The maximum absolute atomic E-state index is 5.29. The lowest BCUT2D eigenvalue weighted by atomic mass is 9.81. The van der Waals surface area contributed by atoms with Crippen molar-refractivity contribution in [1.82, 2.24) is 14.5 Å². The quantitative estimate of drug-likeness (QED) is 0.183. The fraction of sp³-hybridized carbons (Fsp3) is 0.0612. The van der Waals surface area contributed by atoms with Gasteiger partial charge in [-0.2, -0.15) is 0 Å². The first kappa shape index (κ1) is 30.3. The number of hydrogen-bond donors (Lipinski definition) is 0. The van der Waals surface area contributed by atoms with Crippen LogP contribution in [0.3, 0.4) is 0 Å². The average Bonchev–Trinajstić information content (AvgIpc) is 3.67. The Kier molecular flexibility index (Phi) is 6.84. The highest BCUT2D eigenvalue weighted by molar-refractivity contribution is 6.13. The van der Waals surface area contributed by atoms with Gasteiger partial charge in [0.1, 0.15) is 0 Å². The molecule has 0 amide bonds. The molecule has 0 fully saturated rings. The van der Waals surface area contributed by atoms with Crippen LogP contribution in [0.25, 0.3) is 83.6 Å². The Labute approximate surface area is 303 Å². The lowest BCUT2D eigenvalue weighted by molar-refractivity contribution is 0.660. The maximum atomic E-state index is 5.29. The van der Waals surface area contributed by atoms with Crippen molar-refractivity contribution in [3.63, 3.8) is 0 Å². The Morgan fingerprint density at radius 2 is 0.962 bits per heavy atom. The van der Waals surface area contributed by atoms with Gasteiger partial charge in [0.05, 0.1) is 22.4 Å². The molecule has 0 atom stereocenters. The van der Waals surface area contributed by atoms with Crippen molar-refractivity contribution in [1.29, 1.82) is 0 Å². The largest absolute Gasteiger partial charge is 0.277 e. The van der Waals surface area contributed by atoms with E-state index in [4.69, 9.17) is 9.97 Å². The van der Waals surface area contributed by atoms with Crippen LogP contribution < -0.4 is 0 Å². The third-order valence-electron chi connectivity index (χ3n) is 10.8. The molecule has 9 aromatic rings. The van der Waals surface area contributed by atoms with E-state index in [-0.39, 0.29) is 5.41 Å². The van der Waals surface area contributed by atoms with Crippen molar-refractivity contribution in [2.24, 2.45) is 0 Å². The van der Waals surface area contributed by atoms with Gasteiger partial charge in [-0.25, -0.2) is 9.97 Å². The lowest BCUT2D eigenvalue weighted by Crippen LogP contribution is -2.14. The van der Waals surface area contributed by atoms with Crippen LogP contribution in [-0.4, -0.2) is 14.5 Å². The molecule has 10 rings (SSSR count). The predicted molar refractivity (Wildman–Crippen MR) is 216 cm³/mol. The molecule has 3 heteroatoms. The predicted octanol–water partition coefficient (Wildman–Crippen LogP) is 12.5. The summed E-state index contributed by atoms with van der Waals surface area (Å²) >= 11 is 0. The molecule has 0 N–H and O–H groups in total. The van der Waals surface area contributed by atoms with Crippen molar-refractivity contribution in [3.05, 3.63) is 187 Å².